The summed E-state index contributed by atoms with van der Waals surface area (Å²) < 4.78 is 5.22. The zero-order valence-electron chi connectivity index (χ0n) is 10.5. The van der Waals surface area contributed by atoms with E-state index >= 15 is 0 Å². The maximum Gasteiger partial charge on any atom is 0.229 e. The summed E-state index contributed by atoms with van der Waals surface area (Å²) in [5.74, 6) is 0.559. The van der Waals surface area contributed by atoms with Crippen LogP contribution in [0.5, 0.6) is 0 Å². The van der Waals surface area contributed by atoms with E-state index in [2.05, 4.69) is 5.16 Å². The molecule has 100 valence electrons. The highest BCUT2D eigenvalue weighted by Crippen LogP contribution is 2.28. The van der Waals surface area contributed by atoms with E-state index in [1.807, 2.05) is 29.2 Å². The number of amides is 1. The van der Waals surface area contributed by atoms with E-state index in [0.29, 0.717) is 24.2 Å². The first kappa shape index (κ1) is 12.5. The SMILES string of the molecule is O=C(Cc1noc2ccccc12)N(CCCl)C1CC1. The van der Waals surface area contributed by atoms with E-state index in [9.17, 15) is 4.79 Å². The van der Waals surface area contributed by atoms with Gasteiger partial charge in [-0.2, -0.15) is 0 Å². The van der Waals surface area contributed by atoms with Crippen LogP contribution < -0.4 is 0 Å². The average molecular weight is 279 g/mol. The molecule has 0 saturated heterocycles. The molecule has 1 fully saturated rings. The summed E-state index contributed by atoms with van der Waals surface area (Å²) in [6.07, 6.45) is 2.45. The lowest BCUT2D eigenvalue weighted by atomic mass is 10.1. The Hall–Kier alpha value is -1.55. The van der Waals surface area contributed by atoms with Gasteiger partial charge in [-0.3, -0.25) is 4.79 Å². The molecule has 4 nitrogen and oxygen atoms in total. The van der Waals surface area contributed by atoms with Crippen LogP contribution in [0.25, 0.3) is 11.0 Å². The van der Waals surface area contributed by atoms with Crippen molar-refractivity contribution in [3.63, 3.8) is 0 Å². The monoisotopic (exact) mass is 278 g/mol. The predicted molar refractivity (Wildman–Crippen MR) is 73.2 cm³/mol. The Bertz CT molecular complexity index is 592. The fraction of sp³-hybridized carbons (Fsp3) is 0.429. The molecular weight excluding hydrogens is 264 g/mol. The number of carbonyl (C=O) groups is 1. The van der Waals surface area contributed by atoms with Crippen molar-refractivity contribution in [3.8, 4) is 0 Å². The van der Waals surface area contributed by atoms with Crippen molar-refractivity contribution >= 4 is 28.5 Å². The van der Waals surface area contributed by atoms with Crippen molar-refractivity contribution in [2.24, 2.45) is 0 Å². The van der Waals surface area contributed by atoms with Gasteiger partial charge in [0.1, 0.15) is 5.69 Å². The van der Waals surface area contributed by atoms with Crippen LogP contribution in [0.15, 0.2) is 28.8 Å². The molecule has 0 unspecified atom stereocenters. The van der Waals surface area contributed by atoms with Gasteiger partial charge in [0.05, 0.1) is 6.42 Å². The predicted octanol–water partition coefficient (Wildman–Crippen LogP) is 2.60. The molecule has 0 spiro atoms. The van der Waals surface area contributed by atoms with Crippen LogP contribution >= 0.6 is 11.6 Å². The zero-order chi connectivity index (χ0) is 13.2. The van der Waals surface area contributed by atoms with Crippen molar-refractivity contribution in [3.05, 3.63) is 30.0 Å². The number of hydrogen-bond acceptors (Lipinski definition) is 3. The van der Waals surface area contributed by atoms with Crippen LogP contribution in [-0.4, -0.2) is 34.4 Å². The normalized spacial score (nSPS) is 14.8. The lowest BCUT2D eigenvalue weighted by molar-refractivity contribution is -0.130. The summed E-state index contributed by atoms with van der Waals surface area (Å²) in [5, 5.41) is 4.92. The van der Waals surface area contributed by atoms with Gasteiger partial charge in [-0.1, -0.05) is 17.3 Å². The number of alkyl halides is 1. The second kappa shape index (κ2) is 5.21. The molecule has 1 heterocycles. The lowest BCUT2D eigenvalue weighted by Gasteiger charge is -2.20. The van der Waals surface area contributed by atoms with Crippen LogP contribution in [0.2, 0.25) is 0 Å². The third kappa shape index (κ3) is 2.59. The largest absolute Gasteiger partial charge is 0.356 e. The first-order chi connectivity index (χ1) is 9.29. The second-order valence-corrected chi connectivity index (χ2v) is 5.19. The highest BCUT2D eigenvalue weighted by atomic mass is 35.5. The Kier molecular flexibility index (Phi) is 3.42. The van der Waals surface area contributed by atoms with E-state index in [4.69, 9.17) is 16.1 Å². The zero-order valence-corrected chi connectivity index (χ0v) is 11.3. The van der Waals surface area contributed by atoms with Gasteiger partial charge < -0.3 is 9.42 Å². The first-order valence-electron chi connectivity index (χ1n) is 6.48. The van der Waals surface area contributed by atoms with Crippen LogP contribution in [0.4, 0.5) is 0 Å². The van der Waals surface area contributed by atoms with Crippen molar-refractivity contribution in [2.75, 3.05) is 12.4 Å². The number of carbonyl (C=O) groups excluding carboxylic acids is 1. The molecule has 0 bridgehead atoms. The minimum absolute atomic E-state index is 0.0854. The van der Waals surface area contributed by atoms with Gasteiger partial charge >= 0.3 is 0 Å². The van der Waals surface area contributed by atoms with Crippen molar-refractivity contribution in [1.82, 2.24) is 10.1 Å². The molecule has 1 aromatic heterocycles. The molecule has 2 aromatic rings. The summed E-state index contributed by atoms with van der Waals surface area (Å²) in [6.45, 7) is 0.612. The van der Waals surface area contributed by atoms with E-state index in [1.54, 1.807) is 0 Å². The Morgan fingerprint density at radius 2 is 2.21 bits per heavy atom. The lowest BCUT2D eigenvalue weighted by Crippen LogP contribution is -2.35. The minimum Gasteiger partial charge on any atom is -0.356 e. The smallest absolute Gasteiger partial charge is 0.229 e. The second-order valence-electron chi connectivity index (χ2n) is 4.81. The number of benzene rings is 1. The fourth-order valence-corrected chi connectivity index (χ4v) is 2.48. The van der Waals surface area contributed by atoms with Crippen molar-refractivity contribution in [1.29, 1.82) is 0 Å². The standard InChI is InChI=1S/C14H15ClN2O2/c15-7-8-17(10-5-6-10)14(18)9-12-11-3-1-2-4-13(11)19-16-12/h1-4,10H,5-9H2. The summed E-state index contributed by atoms with van der Waals surface area (Å²) in [4.78, 5) is 14.2. The summed E-state index contributed by atoms with van der Waals surface area (Å²) in [6, 6.07) is 7.98. The van der Waals surface area contributed by atoms with E-state index < -0.39 is 0 Å². The molecule has 3 rings (SSSR count). The molecule has 5 heteroatoms. The Morgan fingerprint density at radius 1 is 1.42 bits per heavy atom. The molecule has 19 heavy (non-hydrogen) atoms. The van der Waals surface area contributed by atoms with Gasteiger partial charge in [0, 0.05) is 23.9 Å². The average Bonchev–Trinajstić information content (AvgIpc) is 3.19. The van der Waals surface area contributed by atoms with Crippen LogP contribution in [0, 0.1) is 0 Å². The number of rotatable bonds is 5. The number of halogens is 1. The first-order valence-corrected chi connectivity index (χ1v) is 7.02. The molecular formula is C14H15ClN2O2. The molecule has 1 aromatic carbocycles. The third-order valence-electron chi connectivity index (χ3n) is 3.40. The maximum atomic E-state index is 12.3. The molecule has 1 aliphatic rings. The molecule has 0 aliphatic heterocycles. The summed E-state index contributed by atoms with van der Waals surface area (Å²) >= 11 is 5.76. The molecule has 0 atom stereocenters. The molecule has 1 saturated carbocycles. The van der Waals surface area contributed by atoms with Gasteiger partial charge in [-0.15, -0.1) is 11.6 Å². The third-order valence-corrected chi connectivity index (χ3v) is 3.57. The highest BCUT2D eigenvalue weighted by molar-refractivity contribution is 6.18. The molecule has 1 amide bonds. The van der Waals surface area contributed by atoms with E-state index in [1.165, 1.54) is 0 Å². The van der Waals surface area contributed by atoms with Crippen molar-refractivity contribution in [2.45, 2.75) is 25.3 Å². The number of para-hydroxylation sites is 1. The Morgan fingerprint density at radius 3 is 2.95 bits per heavy atom. The van der Waals surface area contributed by atoms with Gasteiger partial charge in [-0.25, -0.2) is 0 Å². The van der Waals surface area contributed by atoms with Gasteiger partial charge in [0.15, 0.2) is 5.58 Å². The van der Waals surface area contributed by atoms with Crippen molar-refractivity contribution < 1.29 is 9.32 Å². The number of fused-ring (bicyclic) bond motifs is 1. The van der Waals surface area contributed by atoms with Crippen LogP contribution in [0.3, 0.4) is 0 Å². The fourth-order valence-electron chi connectivity index (χ4n) is 2.30. The van der Waals surface area contributed by atoms with Crippen LogP contribution in [0.1, 0.15) is 18.5 Å². The minimum atomic E-state index is 0.0854. The Balaban J connectivity index is 1.78. The van der Waals surface area contributed by atoms with Crippen LogP contribution in [-0.2, 0) is 11.2 Å². The van der Waals surface area contributed by atoms with Gasteiger partial charge in [0.25, 0.3) is 0 Å². The Labute approximate surface area is 116 Å². The maximum absolute atomic E-state index is 12.3. The topological polar surface area (TPSA) is 46.3 Å². The van der Waals surface area contributed by atoms with Gasteiger partial charge in [-0.05, 0) is 25.0 Å². The summed E-state index contributed by atoms with van der Waals surface area (Å²) in [5.41, 5.74) is 1.43. The number of hydrogen-bond donors (Lipinski definition) is 0. The van der Waals surface area contributed by atoms with E-state index in [-0.39, 0.29) is 12.3 Å². The number of nitrogens with zero attached hydrogens (tertiary/aromatic N) is 2. The quantitative estimate of drug-likeness (QED) is 0.790. The molecule has 0 N–H and O–H groups in total. The molecule has 1 aliphatic carbocycles. The highest BCUT2D eigenvalue weighted by Gasteiger charge is 2.32. The van der Waals surface area contributed by atoms with Gasteiger partial charge in [0.2, 0.25) is 5.91 Å². The van der Waals surface area contributed by atoms with E-state index in [0.717, 1.165) is 23.8 Å². The molecule has 0 radical (unpaired) electrons. The summed E-state index contributed by atoms with van der Waals surface area (Å²) in [7, 11) is 0. The number of aromatic nitrogens is 1.